The predicted octanol–water partition coefficient (Wildman–Crippen LogP) is 3.01. The maximum absolute atomic E-state index is 12.1. The second-order valence-electron chi connectivity index (χ2n) is 4.38. The summed E-state index contributed by atoms with van der Waals surface area (Å²) in [6.07, 6.45) is 4.19. The first-order valence-corrected chi connectivity index (χ1v) is 7.53. The molecule has 94 valence electrons. The highest BCUT2D eigenvalue weighted by atomic mass is 79.9. The molecule has 1 saturated heterocycles. The molecule has 3 nitrogen and oxygen atoms in total. The highest BCUT2D eigenvalue weighted by Crippen LogP contribution is 2.29. The lowest BCUT2D eigenvalue weighted by Crippen LogP contribution is -2.39. The summed E-state index contributed by atoms with van der Waals surface area (Å²) in [4.78, 5) is 13.9. The van der Waals surface area contributed by atoms with Gasteiger partial charge < -0.3 is 10.2 Å². The molecular formula is C12H17BrN2OS. The number of anilines is 1. The number of hydrogen-bond acceptors (Lipinski definition) is 3. The van der Waals surface area contributed by atoms with E-state index >= 15 is 0 Å². The van der Waals surface area contributed by atoms with E-state index in [1.54, 1.807) is 16.2 Å². The molecular weight excluding hydrogens is 300 g/mol. The fraction of sp³-hybridized carbons (Fsp3) is 0.583. The minimum Gasteiger partial charge on any atom is -0.313 e. The lowest BCUT2D eigenvalue weighted by atomic mass is 10.0. The first-order valence-electron chi connectivity index (χ1n) is 5.92. The van der Waals surface area contributed by atoms with Gasteiger partial charge in [0.1, 0.15) is 0 Å². The number of thiophene rings is 1. The van der Waals surface area contributed by atoms with Crippen LogP contribution >= 0.6 is 27.3 Å². The highest BCUT2D eigenvalue weighted by Gasteiger charge is 2.20. The number of amides is 1. The average Bonchev–Trinajstić information content (AvgIpc) is 2.76. The SMILES string of the molecule is CN(C(=O)CC1CCCCN1)c1ccc(Br)s1. The number of carbonyl (C=O) groups excluding carboxylic acids is 1. The zero-order valence-electron chi connectivity index (χ0n) is 9.91. The van der Waals surface area contributed by atoms with E-state index in [1.807, 2.05) is 19.2 Å². The molecule has 2 rings (SSSR count). The summed E-state index contributed by atoms with van der Waals surface area (Å²) in [5.74, 6) is 0.193. The smallest absolute Gasteiger partial charge is 0.228 e. The third-order valence-corrected chi connectivity index (χ3v) is 4.80. The highest BCUT2D eigenvalue weighted by molar-refractivity contribution is 9.11. The Morgan fingerprint density at radius 1 is 1.59 bits per heavy atom. The van der Waals surface area contributed by atoms with E-state index < -0.39 is 0 Å². The average molecular weight is 317 g/mol. The van der Waals surface area contributed by atoms with Crippen molar-refractivity contribution in [1.29, 1.82) is 0 Å². The number of piperidine rings is 1. The van der Waals surface area contributed by atoms with Crippen molar-refractivity contribution in [3.8, 4) is 0 Å². The van der Waals surface area contributed by atoms with E-state index in [4.69, 9.17) is 0 Å². The molecule has 1 aliphatic heterocycles. The molecule has 1 amide bonds. The minimum atomic E-state index is 0.193. The number of hydrogen-bond donors (Lipinski definition) is 1. The topological polar surface area (TPSA) is 32.3 Å². The first-order chi connectivity index (χ1) is 8.16. The molecule has 0 saturated carbocycles. The van der Waals surface area contributed by atoms with E-state index in [0.29, 0.717) is 12.5 Å². The maximum atomic E-state index is 12.1. The van der Waals surface area contributed by atoms with Crippen LogP contribution in [0.3, 0.4) is 0 Å². The zero-order chi connectivity index (χ0) is 12.3. The number of nitrogens with zero attached hydrogens (tertiary/aromatic N) is 1. The number of rotatable bonds is 3. The molecule has 0 aliphatic carbocycles. The monoisotopic (exact) mass is 316 g/mol. The Kier molecular flexibility index (Phi) is 4.59. The molecule has 1 aliphatic rings. The van der Waals surface area contributed by atoms with Crippen LogP contribution < -0.4 is 10.2 Å². The Hall–Kier alpha value is -0.390. The molecule has 1 unspecified atom stereocenters. The van der Waals surface area contributed by atoms with Crippen LogP contribution in [0.15, 0.2) is 15.9 Å². The minimum absolute atomic E-state index is 0.193. The fourth-order valence-electron chi connectivity index (χ4n) is 2.05. The van der Waals surface area contributed by atoms with Gasteiger partial charge in [-0.25, -0.2) is 0 Å². The molecule has 2 heterocycles. The van der Waals surface area contributed by atoms with Crippen LogP contribution in [0.2, 0.25) is 0 Å². The van der Waals surface area contributed by atoms with Crippen LogP contribution in [-0.4, -0.2) is 25.5 Å². The molecule has 0 radical (unpaired) electrons. The summed E-state index contributed by atoms with van der Waals surface area (Å²) in [5.41, 5.74) is 0. The summed E-state index contributed by atoms with van der Waals surface area (Å²) in [6, 6.07) is 4.31. The normalized spacial score (nSPS) is 20.2. The summed E-state index contributed by atoms with van der Waals surface area (Å²) in [5, 5.41) is 4.41. The van der Waals surface area contributed by atoms with E-state index in [0.717, 1.165) is 21.8 Å². The van der Waals surface area contributed by atoms with Gasteiger partial charge in [0.2, 0.25) is 5.91 Å². The lowest BCUT2D eigenvalue weighted by Gasteiger charge is -2.25. The van der Waals surface area contributed by atoms with E-state index in [-0.39, 0.29) is 5.91 Å². The van der Waals surface area contributed by atoms with Crippen molar-refractivity contribution in [2.45, 2.75) is 31.7 Å². The van der Waals surface area contributed by atoms with Crippen molar-refractivity contribution >= 4 is 38.2 Å². The van der Waals surface area contributed by atoms with Crippen molar-refractivity contribution in [2.24, 2.45) is 0 Å². The Labute approximate surface area is 114 Å². The van der Waals surface area contributed by atoms with Crippen molar-refractivity contribution in [1.82, 2.24) is 5.32 Å². The van der Waals surface area contributed by atoms with Gasteiger partial charge in [-0.15, -0.1) is 11.3 Å². The van der Waals surface area contributed by atoms with Crippen molar-refractivity contribution in [3.63, 3.8) is 0 Å². The molecule has 0 bridgehead atoms. The maximum Gasteiger partial charge on any atom is 0.228 e. The van der Waals surface area contributed by atoms with Crippen LogP contribution in [0.5, 0.6) is 0 Å². The van der Waals surface area contributed by atoms with Crippen molar-refractivity contribution < 1.29 is 4.79 Å². The van der Waals surface area contributed by atoms with Crippen LogP contribution in [-0.2, 0) is 4.79 Å². The van der Waals surface area contributed by atoms with Gasteiger partial charge in [-0.3, -0.25) is 4.79 Å². The van der Waals surface area contributed by atoms with Gasteiger partial charge in [0.05, 0.1) is 8.79 Å². The van der Waals surface area contributed by atoms with Crippen LogP contribution in [0, 0.1) is 0 Å². The second-order valence-corrected chi connectivity index (χ2v) is 6.82. The summed E-state index contributed by atoms with van der Waals surface area (Å²) < 4.78 is 1.06. The van der Waals surface area contributed by atoms with Gasteiger partial charge in [-0.1, -0.05) is 6.42 Å². The third kappa shape index (κ3) is 3.53. The van der Waals surface area contributed by atoms with Gasteiger partial charge in [0.15, 0.2) is 0 Å². The number of halogens is 1. The lowest BCUT2D eigenvalue weighted by molar-refractivity contribution is -0.118. The molecule has 1 fully saturated rings. The molecule has 0 aromatic carbocycles. The predicted molar refractivity (Wildman–Crippen MR) is 75.7 cm³/mol. The molecule has 1 aromatic heterocycles. The quantitative estimate of drug-likeness (QED) is 0.929. The van der Waals surface area contributed by atoms with Crippen LogP contribution in [0.25, 0.3) is 0 Å². The number of carbonyl (C=O) groups is 1. The Bertz CT molecular complexity index is 388. The first kappa shape index (κ1) is 13.1. The van der Waals surface area contributed by atoms with E-state index in [9.17, 15) is 4.79 Å². The van der Waals surface area contributed by atoms with E-state index in [2.05, 4.69) is 21.2 Å². The largest absolute Gasteiger partial charge is 0.313 e. The van der Waals surface area contributed by atoms with Crippen molar-refractivity contribution in [3.05, 3.63) is 15.9 Å². The van der Waals surface area contributed by atoms with Crippen LogP contribution in [0.1, 0.15) is 25.7 Å². The molecule has 1 atom stereocenters. The van der Waals surface area contributed by atoms with E-state index in [1.165, 1.54) is 12.8 Å². The fourth-order valence-corrected chi connectivity index (χ4v) is 3.39. The van der Waals surface area contributed by atoms with Gasteiger partial charge in [-0.2, -0.15) is 0 Å². The summed E-state index contributed by atoms with van der Waals surface area (Å²) in [7, 11) is 1.85. The molecule has 17 heavy (non-hydrogen) atoms. The standard InChI is InChI=1S/C12H17BrN2OS/c1-15(12-6-5-10(13)17-12)11(16)8-9-4-2-3-7-14-9/h5-6,9,14H,2-4,7-8H2,1H3. The van der Waals surface area contributed by atoms with Crippen molar-refractivity contribution in [2.75, 3.05) is 18.5 Å². The Balaban J connectivity index is 1.90. The molecule has 0 spiro atoms. The van der Waals surface area contributed by atoms with Gasteiger partial charge >= 0.3 is 0 Å². The summed E-state index contributed by atoms with van der Waals surface area (Å²) in [6.45, 7) is 1.05. The molecule has 5 heteroatoms. The molecule has 1 aromatic rings. The van der Waals surface area contributed by atoms with Gasteiger partial charge in [0, 0.05) is 19.5 Å². The van der Waals surface area contributed by atoms with Gasteiger partial charge in [-0.05, 0) is 47.4 Å². The second kappa shape index (κ2) is 5.98. The van der Waals surface area contributed by atoms with Crippen LogP contribution in [0.4, 0.5) is 5.00 Å². The Morgan fingerprint density at radius 2 is 2.41 bits per heavy atom. The zero-order valence-corrected chi connectivity index (χ0v) is 12.3. The Morgan fingerprint density at radius 3 is 3.00 bits per heavy atom. The van der Waals surface area contributed by atoms with Gasteiger partial charge in [0.25, 0.3) is 0 Å². The third-order valence-electron chi connectivity index (χ3n) is 3.10. The number of nitrogens with one attached hydrogen (secondary N) is 1. The summed E-state index contributed by atoms with van der Waals surface area (Å²) >= 11 is 5.00. The molecule has 1 N–H and O–H groups in total.